The van der Waals surface area contributed by atoms with Gasteiger partial charge >= 0.3 is 12.0 Å². The Balaban J connectivity index is 4.01. The zero-order chi connectivity index (χ0) is 15.5. The van der Waals surface area contributed by atoms with E-state index in [1.165, 1.54) is 7.11 Å². The zero-order valence-corrected chi connectivity index (χ0v) is 12.9. The number of hydrogen-bond acceptors (Lipinski definition) is 3. The molecule has 0 aliphatic rings. The number of aliphatic carboxylic acids is 1. The van der Waals surface area contributed by atoms with Gasteiger partial charge in [-0.05, 0) is 19.3 Å². The molecule has 0 aromatic heterocycles. The summed E-state index contributed by atoms with van der Waals surface area (Å²) in [6.07, 6.45) is 3.31. The van der Waals surface area contributed by atoms with Gasteiger partial charge in [-0.2, -0.15) is 0 Å². The van der Waals surface area contributed by atoms with Crippen LogP contribution in [0.5, 0.6) is 0 Å². The molecule has 6 heteroatoms. The van der Waals surface area contributed by atoms with Crippen LogP contribution in [-0.2, 0) is 9.53 Å². The molecule has 0 rings (SSSR count). The van der Waals surface area contributed by atoms with Crippen LogP contribution in [0.1, 0.15) is 46.5 Å². The molecule has 0 aliphatic heterocycles. The first kappa shape index (κ1) is 18.7. The highest BCUT2D eigenvalue weighted by molar-refractivity contribution is 5.82. The minimum Gasteiger partial charge on any atom is -0.480 e. The molecule has 118 valence electrons. The zero-order valence-electron chi connectivity index (χ0n) is 12.9. The number of amides is 2. The van der Waals surface area contributed by atoms with E-state index in [1.54, 1.807) is 0 Å². The van der Waals surface area contributed by atoms with Crippen molar-refractivity contribution in [1.29, 1.82) is 0 Å². The summed E-state index contributed by atoms with van der Waals surface area (Å²) in [6.45, 7) is 6.54. The average Bonchev–Trinajstić information content (AvgIpc) is 2.33. The number of carbonyl (C=O) groups is 2. The third kappa shape index (κ3) is 9.61. The van der Waals surface area contributed by atoms with Gasteiger partial charge in [0.15, 0.2) is 0 Å². The van der Waals surface area contributed by atoms with Gasteiger partial charge in [0.1, 0.15) is 6.04 Å². The van der Waals surface area contributed by atoms with Gasteiger partial charge in [-0.3, -0.25) is 0 Å². The largest absolute Gasteiger partial charge is 0.480 e. The third-order valence-corrected chi connectivity index (χ3v) is 3.01. The Bertz CT molecular complexity index is 295. The molecule has 20 heavy (non-hydrogen) atoms. The van der Waals surface area contributed by atoms with Gasteiger partial charge in [0.25, 0.3) is 0 Å². The molecule has 6 nitrogen and oxygen atoms in total. The highest BCUT2D eigenvalue weighted by atomic mass is 16.5. The van der Waals surface area contributed by atoms with Crippen molar-refractivity contribution < 1.29 is 19.4 Å². The van der Waals surface area contributed by atoms with Gasteiger partial charge in [0.05, 0.1) is 0 Å². The summed E-state index contributed by atoms with van der Waals surface area (Å²) in [5.41, 5.74) is 0. The Morgan fingerprint density at radius 3 is 2.25 bits per heavy atom. The van der Waals surface area contributed by atoms with E-state index in [0.717, 1.165) is 19.3 Å². The van der Waals surface area contributed by atoms with Crippen molar-refractivity contribution in [3.05, 3.63) is 0 Å². The number of carboxylic acids is 1. The van der Waals surface area contributed by atoms with Crippen LogP contribution in [0.25, 0.3) is 0 Å². The van der Waals surface area contributed by atoms with Crippen LogP contribution in [-0.4, -0.2) is 42.9 Å². The molecule has 0 saturated heterocycles. The number of urea groups is 1. The first-order valence-corrected chi connectivity index (χ1v) is 7.15. The second kappa shape index (κ2) is 10.5. The average molecular weight is 288 g/mol. The van der Waals surface area contributed by atoms with E-state index >= 15 is 0 Å². The molecule has 0 aromatic rings. The molecule has 0 aliphatic carbocycles. The van der Waals surface area contributed by atoms with Crippen LogP contribution in [0.15, 0.2) is 0 Å². The van der Waals surface area contributed by atoms with Crippen molar-refractivity contribution in [3.8, 4) is 0 Å². The Labute approximate surface area is 121 Å². The maximum atomic E-state index is 11.7. The van der Waals surface area contributed by atoms with E-state index < -0.39 is 18.0 Å². The van der Waals surface area contributed by atoms with E-state index in [1.807, 2.05) is 6.92 Å². The molecule has 0 radical (unpaired) electrons. The SMILES string of the molecule is COCCC(NC(=O)NC(C)CCCC(C)C)C(=O)O. The van der Waals surface area contributed by atoms with E-state index in [2.05, 4.69) is 24.5 Å². The van der Waals surface area contributed by atoms with Crippen LogP contribution in [0, 0.1) is 5.92 Å². The van der Waals surface area contributed by atoms with Crippen LogP contribution in [0.4, 0.5) is 4.79 Å². The van der Waals surface area contributed by atoms with Crippen molar-refractivity contribution in [2.45, 2.75) is 58.5 Å². The highest BCUT2D eigenvalue weighted by Gasteiger charge is 2.20. The monoisotopic (exact) mass is 288 g/mol. The van der Waals surface area contributed by atoms with Gasteiger partial charge in [-0.25, -0.2) is 9.59 Å². The fourth-order valence-corrected chi connectivity index (χ4v) is 1.82. The normalized spacial score (nSPS) is 13.8. The molecule has 0 aromatic carbocycles. The Morgan fingerprint density at radius 2 is 1.75 bits per heavy atom. The van der Waals surface area contributed by atoms with Gasteiger partial charge in [-0.1, -0.05) is 26.7 Å². The lowest BCUT2D eigenvalue weighted by atomic mass is 10.0. The second-order valence-corrected chi connectivity index (χ2v) is 5.52. The van der Waals surface area contributed by atoms with Crippen molar-refractivity contribution >= 4 is 12.0 Å². The number of ether oxygens (including phenoxy) is 1. The number of methoxy groups -OCH3 is 1. The number of nitrogens with one attached hydrogen (secondary N) is 2. The molecule has 0 fully saturated rings. The number of rotatable bonds is 10. The van der Waals surface area contributed by atoms with Gasteiger partial charge in [-0.15, -0.1) is 0 Å². The van der Waals surface area contributed by atoms with Crippen LogP contribution >= 0.6 is 0 Å². The molecular formula is C14H28N2O4. The van der Waals surface area contributed by atoms with E-state index in [-0.39, 0.29) is 12.5 Å². The minimum absolute atomic E-state index is 0.0330. The first-order chi connectivity index (χ1) is 9.36. The van der Waals surface area contributed by atoms with Crippen LogP contribution < -0.4 is 10.6 Å². The van der Waals surface area contributed by atoms with Crippen molar-refractivity contribution in [3.63, 3.8) is 0 Å². The number of carbonyl (C=O) groups excluding carboxylic acids is 1. The van der Waals surface area contributed by atoms with Gasteiger partial charge in [0.2, 0.25) is 0 Å². The fourth-order valence-electron chi connectivity index (χ4n) is 1.82. The number of hydrogen-bond donors (Lipinski definition) is 3. The van der Waals surface area contributed by atoms with Crippen molar-refractivity contribution in [1.82, 2.24) is 10.6 Å². The quantitative estimate of drug-likeness (QED) is 0.573. The maximum Gasteiger partial charge on any atom is 0.326 e. The van der Waals surface area contributed by atoms with Gasteiger partial charge in [0, 0.05) is 26.2 Å². The predicted molar refractivity (Wildman–Crippen MR) is 77.7 cm³/mol. The van der Waals surface area contributed by atoms with Crippen LogP contribution in [0.3, 0.4) is 0 Å². The minimum atomic E-state index is -1.05. The molecule has 0 saturated carbocycles. The predicted octanol–water partition coefficient (Wildman–Crippen LogP) is 1.99. The lowest BCUT2D eigenvalue weighted by Crippen LogP contribution is -2.48. The second-order valence-electron chi connectivity index (χ2n) is 5.52. The topological polar surface area (TPSA) is 87.7 Å². The molecule has 0 bridgehead atoms. The fraction of sp³-hybridized carbons (Fsp3) is 0.857. The first-order valence-electron chi connectivity index (χ1n) is 7.15. The summed E-state index contributed by atoms with van der Waals surface area (Å²) in [5.74, 6) is -0.397. The van der Waals surface area contributed by atoms with E-state index in [0.29, 0.717) is 12.5 Å². The third-order valence-electron chi connectivity index (χ3n) is 3.01. The standard InChI is InChI=1S/C14H28N2O4/c1-10(2)6-5-7-11(3)15-14(19)16-12(13(17)18)8-9-20-4/h10-12H,5-9H2,1-4H3,(H,17,18)(H2,15,16,19). The summed E-state index contributed by atoms with van der Waals surface area (Å²) < 4.78 is 4.83. The summed E-state index contributed by atoms with van der Waals surface area (Å²) in [4.78, 5) is 22.7. The molecular weight excluding hydrogens is 260 g/mol. The molecule has 0 spiro atoms. The Morgan fingerprint density at radius 1 is 1.10 bits per heavy atom. The molecule has 3 N–H and O–H groups in total. The van der Waals surface area contributed by atoms with Crippen LogP contribution in [0.2, 0.25) is 0 Å². The summed E-state index contributed by atoms with van der Waals surface area (Å²) in [7, 11) is 1.50. The molecule has 2 atom stereocenters. The van der Waals surface area contributed by atoms with Crippen molar-refractivity contribution in [2.75, 3.05) is 13.7 Å². The lowest BCUT2D eigenvalue weighted by Gasteiger charge is -2.18. The van der Waals surface area contributed by atoms with Gasteiger partial charge < -0.3 is 20.5 Å². The van der Waals surface area contributed by atoms with E-state index in [4.69, 9.17) is 9.84 Å². The maximum absolute atomic E-state index is 11.7. The summed E-state index contributed by atoms with van der Waals surface area (Å²) in [5, 5.41) is 14.2. The summed E-state index contributed by atoms with van der Waals surface area (Å²) >= 11 is 0. The lowest BCUT2D eigenvalue weighted by molar-refractivity contribution is -0.139. The smallest absolute Gasteiger partial charge is 0.326 e. The number of carboxylic acid groups (broad SMARTS) is 1. The molecule has 2 unspecified atom stereocenters. The Hall–Kier alpha value is -1.30. The van der Waals surface area contributed by atoms with E-state index in [9.17, 15) is 9.59 Å². The molecule has 2 amide bonds. The summed E-state index contributed by atoms with van der Waals surface area (Å²) in [6, 6.07) is -1.33. The highest BCUT2D eigenvalue weighted by Crippen LogP contribution is 2.08. The Kier molecular flexibility index (Phi) is 9.80. The van der Waals surface area contributed by atoms with Crippen molar-refractivity contribution in [2.24, 2.45) is 5.92 Å². The molecule has 0 heterocycles.